The van der Waals surface area contributed by atoms with E-state index in [-0.39, 0.29) is 13.1 Å². The summed E-state index contributed by atoms with van der Waals surface area (Å²) in [5, 5.41) is 2.92. The highest BCUT2D eigenvalue weighted by Gasteiger charge is 2.42. The summed E-state index contributed by atoms with van der Waals surface area (Å²) in [6, 6.07) is 6.74. The van der Waals surface area contributed by atoms with Crippen LogP contribution in [-0.2, 0) is 11.3 Å². The minimum Gasteiger partial charge on any atom is -0.341 e. The van der Waals surface area contributed by atoms with Crippen LogP contribution < -0.4 is 5.32 Å². The summed E-state index contributed by atoms with van der Waals surface area (Å²) in [6.07, 6.45) is -0.154. The molecule has 25 heavy (non-hydrogen) atoms. The van der Waals surface area contributed by atoms with Crippen molar-refractivity contribution in [2.75, 3.05) is 23.9 Å². The lowest BCUT2D eigenvalue weighted by molar-refractivity contribution is -0.185. The zero-order valence-corrected chi connectivity index (χ0v) is 14.7. The van der Waals surface area contributed by atoms with E-state index < -0.39 is 12.1 Å². The Labute approximate surface area is 149 Å². The van der Waals surface area contributed by atoms with Crippen molar-refractivity contribution in [3.63, 3.8) is 0 Å². The molecule has 0 bridgehead atoms. The van der Waals surface area contributed by atoms with Crippen molar-refractivity contribution >= 4 is 29.6 Å². The maximum Gasteiger partial charge on any atom is 0.471 e. The fourth-order valence-corrected chi connectivity index (χ4v) is 2.35. The summed E-state index contributed by atoms with van der Waals surface area (Å²) in [5.41, 5.74) is 1.19. The van der Waals surface area contributed by atoms with Crippen LogP contribution >= 0.6 is 11.8 Å². The van der Waals surface area contributed by atoms with E-state index in [9.17, 15) is 18.0 Å². The van der Waals surface area contributed by atoms with Gasteiger partial charge in [0.2, 0.25) is 0 Å². The van der Waals surface area contributed by atoms with E-state index in [4.69, 9.17) is 0 Å². The molecule has 8 heteroatoms. The third kappa shape index (κ3) is 7.47. The fraction of sp³-hybridized carbons (Fsp3) is 0.294. The first-order valence-electron chi connectivity index (χ1n) is 7.33. The van der Waals surface area contributed by atoms with Gasteiger partial charge in [-0.25, -0.2) is 4.99 Å². The quantitative estimate of drug-likeness (QED) is 0.665. The molecule has 0 atom stereocenters. The predicted octanol–water partition coefficient (Wildman–Crippen LogP) is 4.08. The molecule has 4 nitrogen and oxygen atoms in total. The zero-order chi connectivity index (χ0) is 18.9. The number of hydrogen-bond donors (Lipinski definition) is 1. The van der Waals surface area contributed by atoms with E-state index >= 15 is 0 Å². The van der Waals surface area contributed by atoms with Gasteiger partial charge in [0.15, 0.2) is 0 Å². The van der Waals surface area contributed by atoms with Gasteiger partial charge in [-0.3, -0.25) is 4.79 Å². The van der Waals surface area contributed by atoms with E-state index in [1.165, 1.54) is 24.1 Å². The number of carbonyl (C=O) groups is 1. The first-order chi connectivity index (χ1) is 11.8. The van der Waals surface area contributed by atoms with Crippen LogP contribution in [0.1, 0.15) is 5.56 Å². The summed E-state index contributed by atoms with van der Waals surface area (Å²) in [5.74, 6) is -1.05. The standard InChI is InChI=1S/C17H20F3N3OS/c1-4-8-21-13(2)22-15-7-5-6-14(11-15)12-23(9-10-25-3)16(24)17(18,19)20/h4-8,11,22H,1-2,9-10,12H2,3H3/b21-8-. The highest BCUT2D eigenvalue weighted by Crippen LogP contribution is 2.21. The van der Waals surface area contributed by atoms with Gasteiger partial charge < -0.3 is 10.2 Å². The highest BCUT2D eigenvalue weighted by atomic mass is 32.2. The maximum atomic E-state index is 12.8. The van der Waals surface area contributed by atoms with Crippen LogP contribution in [0.4, 0.5) is 18.9 Å². The molecule has 0 fully saturated rings. The summed E-state index contributed by atoms with van der Waals surface area (Å²) in [7, 11) is 0. The van der Waals surface area contributed by atoms with E-state index in [2.05, 4.69) is 23.5 Å². The number of nitrogens with one attached hydrogen (secondary N) is 1. The molecule has 0 unspecified atom stereocenters. The largest absolute Gasteiger partial charge is 0.471 e. The molecule has 0 heterocycles. The third-order valence-corrected chi connectivity index (χ3v) is 3.61. The molecule has 1 aromatic rings. The normalized spacial score (nSPS) is 11.4. The van der Waals surface area contributed by atoms with E-state index in [0.29, 0.717) is 22.8 Å². The first-order valence-corrected chi connectivity index (χ1v) is 8.72. The lowest BCUT2D eigenvalue weighted by Gasteiger charge is -2.23. The Morgan fingerprint density at radius 1 is 1.44 bits per heavy atom. The molecule has 0 aliphatic carbocycles. The van der Waals surface area contributed by atoms with Crippen LogP contribution in [0.5, 0.6) is 0 Å². The molecule has 136 valence electrons. The zero-order valence-electron chi connectivity index (χ0n) is 13.8. The number of carbonyl (C=O) groups excluding carboxylic acids is 1. The van der Waals surface area contributed by atoms with Crippen molar-refractivity contribution in [3.8, 4) is 0 Å². The molecular formula is C17H20F3N3OS. The molecule has 1 rings (SSSR count). The smallest absolute Gasteiger partial charge is 0.341 e. The van der Waals surface area contributed by atoms with Gasteiger partial charge in [-0.05, 0) is 24.0 Å². The molecule has 0 aliphatic heterocycles. The van der Waals surface area contributed by atoms with Crippen LogP contribution in [0.2, 0.25) is 0 Å². The van der Waals surface area contributed by atoms with Crippen LogP contribution in [0.25, 0.3) is 0 Å². The van der Waals surface area contributed by atoms with Gasteiger partial charge in [0.05, 0.1) is 0 Å². The van der Waals surface area contributed by atoms with Gasteiger partial charge in [-0.2, -0.15) is 24.9 Å². The monoisotopic (exact) mass is 371 g/mol. The van der Waals surface area contributed by atoms with Gasteiger partial charge in [0.1, 0.15) is 5.82 Å². The number of nitrogens with zero attached hydrogens (tertiary/aromatic N) is 2. The summed E-state index contributed by atoms with van der Waals surface area (Å²) in [4.78, 5) is 16.4. The van der Waals surface area contributed by atoms with Crippen molar-refractivity contribution in [2.45, 2.75) is 12.7 Å². The Morgan fingerprint density at radius 2 is 2.16 bits per heavy atom. The number of aliphatic imine (C=N–C) groups is 1. The maximum absolute atomic E-state index is 12.8. The number of allylic oxidation sites excluding steroid dienone is 1. The highest BCUT2D eigenvalue weighted by molar-refractivity contribution is 7.98. The van der Waals surface area contributed by atoms with Crippen LogP contribution in [0.3, 0.4) is 0 Å². The molecule has 1 N–H and O–H groups in total. The van der Waals surface area contributed by atoms with Crippen molar-refractivity contribution in [3.05, 3.63) is 54.9 Å². The average Bonchev–Trinajstić information content (AvgIpc) is 2.55. The van der Waals surface area contributed by atoms with Crippen molar-refractivity contribution < 1.29 is 18.0 Å². The Hall–Kier alpha value is -2.22. The Bertz CT molecular complexity index is 644. The SMILES string of the molecule is C=C/C=N\C(=C)Nc1cccc(CN(CCSC)C(=O)C(F)(F)F)c1. The van der Waals surface area contributed by atoms with Crippen molar-refractivity contribution in [2.24, 2.45) is 4.99 Å². The average molecular weight is 371 g/mol. The first kappa shape index (κ1) is 20.8. The molecule has 0 saturated carbocycles. The second-order valence-corrected chi connectivity index (χ2v) is 5.99. The number of thioether (sulfide) groups is 1. The van der Waals surface area contributed by atoms with Crippen molar-refractivity contribution in [1.82, 2.24) is 4.90 Å². The Kier molecular flexibility index (Phi) is 8.27. The number of anilines is 1. The van der Waals surface area contributed by atoms with Gasteiger partial charge in [-0.1, -0.05) is 31.4 Å². The second-order valence-electron chi connectivity index (χ2n) is 5.00. The molecule has 1 aromatic carbocycles. The third-order valence-electron chi connectivity index (χ3n) is 3.02. The topological polar surface area (TPSA) is 44.7 Å². The number of benzene rings is 1. The number of amides is 1. The minimum atomic E-state index is -4.89. The number of rotatable bonds is 9. The molecule has 0 aromatic heterocycles. The summed E-state index contributed by atoms with van der Waals surface area (Å²) >= 11 is 1.38. The van der Waals surface area contributed by atoms with Crippen LogP contribution in [0.15, 0.2) is 54.3 Å². The van der Waals surface area contributed by atoms with Crippen LogP contribution in [-0.4, -0.2) is 41.8 Å². The Balaban J connectivity index is 2.88. The predicted molar refractivity (Wildman–Crippen MR) is 97.7 cm³/mol. The molecule has 1 amide bonds. The van der Waals surface area contributed by atoms with Crippen molar-refractivity contribution in [1.29, 1.82) is 0 Å². The molecule has 0 radical (unpaired) electrons. The van der Waals surface area contributed by atoms with Gasteiger partial charge in [-0.15, -0.1) is 0 Å². The lowest BCUT2D eigenvalue weighted by Crippen LogP contribution is -2.41. The number of halogens is 3. The van der Waals surface area contributed by atoms with Crippen LogP contribution in [0, 0.1) is 0 Å². The van der Waals surface area contributed by atoms with Gasteiger partial charge >= 0.3 is 12.1 Å². The second kappa shape index (κ2) is 9.93. The molecule has 0 aliphatic rings. The van der Waals surface area contributed by atoms with E-state index in [1.54, 1.807) is 30.5 Å². The lowest BCUT2D eigenvalue weighted by atomic mass is 10.2. The molecular weight excluding hydrogens is 351 g/mol. The number of alkyl halides is 3. The Morgan fingerprint density at radius 3 is 2.76 bits per heavy atom. The van der Waals surface area contributed by atoms with Gasteiger partial charge in [0, 0.05) is 30.7 Å². The summed E-state index contributed by atoms with van der Waals surface area (Å²) in [6.45, 7) is 7.10. The molecule has 0 saturated heterocycles. The van der Waals surface area contributed by atoms with E-state index in [0.717, 1.165) is 4.90 Å². The fourth-order valence-electron chi connectivity index (χ4n) is 1.94. The summed E-state index contributed by atoms with van der Waals surface area (Å²) < 4.78 is 38.3. The molecule has 0 spiro atoms. The van der Waals surface area contributed by atoms with E-state index in [1.807, 2.05) is 0 Å². The minimum absolute atomic E-state index is 0.0213. The van der Waals surface area contributed by atoms with Gasteiger partial charge in [0.25, 0.3) is 0 Å². The number of hydrogen-bond acceptors (Lipinski definition) is 4.